The van der Waals surface area contributed by atoms with Gasteiger partial charge in [0.25, 0.3) is 0 Å². The number of aromatic nitrogens is 2. The number of para-hydroxylation sites is 1. The minimum Gasteiger partial charge on any atom is -0.339 e. The molecule has 0 fully saturated rings. The van der Waals surface area contributed by atoms with Crippen LogP contribution < -0.4 is 5.32 Å². The van der Waals surface area contributed by atoms with Gasteiger partial charge in [-0.2, -0.15) is 4.98 Å². The molecular weight excluding hydrogens is 416 g/mol. The Hall–Kier alpha value is -3.48. The van der Waals surface area contributed by atoms with Gasteiger partial charge in [-0.3, -0.25) is 9.59 Å². The molecule has 3 aromatic rings. The topological polar surface area (TPSA) is 88.3 Å². The Labute approximate surface area is 195 Å². The highest BCUT2D eigenvalue weighted by molar-refractivity contribution is 5.96. The summed E-state index contributed by atoms with van der Waals surface area (Å²) >= 11 is 0. The molecule has 0 saturated carbocycles. The smallest absolute Gasteiger partial charge is 0.246 e. The summed E-state index contributed by atoms with van der Waals surface area (Å²) in [7, 11) is 0. The van der Waals surface area contributed by atoms with Gasteiger partial charge >= 0.3 is 0 Å². The van der Waals surface area contributed by atoms with Crippen LogP contribution in [0.4, 0.5) is 5.69 Å². The molecule has 0 radical (unpaired) electrons. The van der Waals surface area contributed by atoms with E-state index in [0.29, 0.717) is 36.3 Å². The van der Waals surface area contributed by atoms with Gasteiger partial charge in [-0.05, 0) is 37.0 Å². The first kappa shape index (κ1) is 24.2. The molecule has 33 heavy (non-hydrogen) atoms. The van der Waals surface area contributed by atoms with Gasteiger partial charge in [-0.25, -0.2) is 0 Å². The second kappa shape index (κ2) is 11.4. The molecule has 1 atom stereocenters. The van der Waals surface area contributed by atoms with E-state index in [4.69, 9.17) is 4.52 Å². The van der Waals surface area contributed by atoms with Crippen LogP contribution in [0, 0.1) is 0 Å². The fraction of sp³-hybridized carbons (Fsp3) is 0.385. The van der Waals surface area contributed by atoms with Crippen LogP contribution in [0.5, 0.6) is 0 Å². The molecule has 0 spiro atoms. The Morgan fingerprint density at radius 1 is 1.03 bits per heavy atom. The molecule has 2 aromatic carbocycles. The standard InChI is InChI=1S/C26H32N4O3/c1-5-17-30(19(4)26(32)27-22-9-7-6-8-10-22)24(31)16-15-23-28-25(29-33-23)21-13-11-20(12-14-21)18(2)3/h6-14,18-19H,5,15-17H2,1-4H3,(H,27,32). The minimum absolute atomic E-state index is 0.117. The van der Waals surface area contributed by atoms with Crippen molar-refractivity contribution in [1.82, 2.24) is 15.0 Å². The highest BCUT2D eigenvalue weighted by Gasteiger charge is 2.25. The van der Waals surface area contributed by atoms with Crippen molar-refractivity contribution in [1.29, 1.82) is 0 Å². The lowest BCUT2D eigenvalue weighted by atomic mass is 10.0. The average Bonchev–Trinajstić information content (AvgIpc) is 3.30. The predicted molar refractivity (Wildman–Crippen MR) is 129 cm³/mol. The monoisotopic (exact) mass is 448 g/mol. The number of aryl methyl sites for hydroxylation is 1. The molecule has 2 amide bonds. The summed E-state index contributed by atoms with van der Waals surface area (Å²) in [5.41, 5.74) is 2.83. The molecule has 174 valence electrons. The molecular formula is C26H32N4O3. The van der Waals surface area contributed by atoms with Crippen LogP contribution >= 0.6 is 0 Å². The van der Waals surface area contributed by atoms with Crippen LogP contribution in [0.2, 0.25) is 0 Å². The second-order valence-corrected chi connectivity index (χ2v) is 8.41. The van der Waals surface area contributed by atoms with Gasteiger partial charge in [-0.15, -0.1) is 0 Å². The van der Waals surface area contributed by atoms with Gasteiger partial charge < -0.3 is 14.7 Å². The van der Waals surface area contributed by atoms with Crippen molar-refractivity contribution in [2.75, 3.05) is 11.9 Å². The van der Waals surface area contributed by atoms with E-state index in [1.807, 2.05) is 49.4 Å². The fourth-order valence-corrected chi connectivity index (χ4v) is 3.53. The summed E-state index contributed by atoms with van der Waals surface area (Å²) in [6.45, 7) is 8.52. The molecule has 7 nitrogen and oxygen atoms in total. The number of nitrogens with one attached hydrogen (secondary N) is 1. The van der Waals surface area contributed by atoms with E-state index in [9.17, 15) is 9.59 Å². The molecule has 7 heteroatoms. The Balaban J connectivity index is 1.60. The number of nitrogens with zero attached hydrogens (tertiary/aromatic N) is 3. The maximum Gasteiger partial charge on any atom is 0.246 e. The van der Waals surface area contributed by atoms with Crippen molar-refractivity contribution in [3.05, 3.63) is 66.1 Å². The Morgan fingerprint density at radius 2 is 1.73 bits per heavy atom. The van der Waals surface area contributed by atoms with E-state index >= 15 is 0 Å². The van der Waals surface area contributed by atoms with E-state index in [1.54, 1.807) is 11.8 Å². The molecule has 0 saturated heterocycles. The number of carbonyl (C=O) groups excluding carboxylic acids is 2. The van der Waals surface area contributed by atoms with Crippen molar-refractivity contribution < 1.29 is 14.1 Å². The SMILES string of the molecule is CCCN(C(=O)CCc1nc(-c2ccc(C(C)C)cc2)no1)C(C)C(=O)Nc1ccccc1. The first-order chi connectivity index (χ1) is 15.9. The zero-order chi connectivity index (χ0) is 23.8. The first-order valence-electron chi connectivity index (χ1n) is 11.5. The maximum absolute atomic E-state index is 12.9. The molecule has 3 rings (SSSR count). The van der Waals surface area contributed by atoms with Crippen LogP contribution in [0.3, 0.4) is 0 Å². The summed E-state index contributed by atoms with van der Waals surface area (Å²) < 4.78 is 5.36. The summed E-state index contributed by atoms with van der Waals surface area (Å²) in [6.07, 6.45) is 1.27. The minimum atomic E-state index is -0.588. The summed E-state index contributed by atoms with van der Waals surface area (Å²) in [4.78, 5) is 31.7. The quantitative estimate of drug-likeness (QED) is 0.468. The van der Waals surface area contributed by atoms with Crippen molar-refractivity contribution in [3.8, 4) is 11.4 Å². The van der Waals surface area contributed by atoms with E-state index in [-0.39, 0.29) is 18.2 Å². The molecule has 0 aliphatic carbocycles. The summed E-state index contributed by atoms with van der Waals surface area (Å²) in [6, 6.07) is 16.7. The third-order valence-corrected chi connectivity index (χ3v) is 5.53. The van der Waals surface area contributed by atoms with Gasteiger partial charge in [0.05, 0.1) is 0 Å². The van der Waals surface area contributed by atoms with Crippen LogP contribution in [0.1, 0.15) is 57.9 Å². The molecule has 0 aliphatic rings. The van der Waals surface area contributed by atoms with Gasteiger partial charge in [0, 0.05) is 30.6 Å². The van der Waals surface area contributed by atoms with Crippen molar-refractivity contribution >= 4 is 17.5 Å². The third-order valence-electron chi connectivity index (χ3n) is 5.53. The number of anilines is 1. The number of carbonyl (C=O) groups is 2. The average molecular weight is 449 g/mol. The third kappa shape index (κ3) is 6.51. The van der Waals surface area contributed by atoms with Gasteiger partial charge in [-0.1, -0.05) is 68.4 Å². The van der Waals surface area contributed by atoms with Gasteiger partial charge in [0.1, 0.15) is 6.04 Å². The zero-order valence-electron chi connectivity index (χ0n) is 19.7. The lowest BCUT2D eigenvalue weighted by Gasteiger charge is -2.28. The normalized spacial score (nSPS) is 11.9. The fourth-order valence-electron chi connectivity index (χ4n) is 3.53. The number of amides is 2. The van der Waals surface area contributed by atoms with Crippen molar-refractivity contribution in [2.45, 2.75) is 58.9 Å². The molecule has 0 aliphatic heterocycles. The van der Waals surface area contributed by atoms with Crippen molar-refractivity contribution in [3.63, 3.8) is 0 Å². The summed E-state index contributed by atoms with van der Waals surface area (Å²) in [5, 5.41) is 6.92. The van der Waals surface area contributed by atoms with Gasteiger partial charge in [0.15, 0.2) is 0 Å². The van der Waals surface area contributed by atoms with Crippen LogP contribution in [-0.2, 0) is 16.0 Å². The van der Waals surface area contributed by atoms with Crippen molar-refractivity contribution in [2.24, 2.45) is 0 Å². The number of hydrogen-bond acceptors (Lipinski definition) is 5. The van der Waals surface area contributed by atoms with E-state index in [2.05, 4.69) is 41.4 Å². The number of benzene rings is 2. The Bertz CT molecular complexity index is 1040. The largest absolute Gasteiger partial charge is 0.339 e. The second-order valence-electron chi connectivity index (χ2n) is 8.41. The maximum atomic E-state index is 12.9. The number of rotatable bonds is 10. The van der Waals surface area contributed by atoms with Crippen LogP contribution in [-0.4, -0.2) is 39.4 Å². The lowest BCUT2D eigenvalue weighted by Crippen LogP contribution is -2.46. The first-order valence-corrected chi connectivity index (χ1v) is 11.5. The zero-order valence-corrected chi connectivity index (χ0v) is 19.7. The van der Waals surface area contributed by atoms with Crippen LogP contribution in [0.25, 0.3) is 11.4 Å². The number of hydrogen-bond donors (Lipinski definition) is 1. The molecule has 1 unspecified atom stereocenters. The van der Waals surface area contributed by atoms with E-state index in [0.717, 1.165) is 12.0 Å². The molecule has 0 bridgehead atoms. The van der Waals surface area contributed by atoms with E-state index < -0.39 is 6.04 Å². The highest BCUT2D eigenvalue weighted by atomic mass is 16.5. The summed E-state index contributed by atoms with van der Waals surface area (Å²) in [5.74, 6) is 1.04. The molecule has 1 heterocycles. The van der Waals surface area contributed by atoms with E-state index in [1.165, 1.54) is 5.56 Å². The molecule has 1 aromatic heterocycles. The lowest BCUT2D eigenvalue weighted by molar-refractivity contribution is -0.138. The van der Waals surface area contributed by atoms with Gasteiger partial charge in [0.2, 0.25) is 23.5 Å². The van der Waals surface area contributed by atoms with Crippen LogP contribution in [0.15, 0.2) is 59.1 Å². The predicted octanol–water partition coefficient (Wildman–Crippen LogP) is 5.06. The molecule has 1 N–H and O–H groups in total. The highest BCUT2D eigenvalue weighted by Crippen LogP contribution is 2.21. The Kier molecular flexibility index (Phi) is 8.35. The Morgan fingerprint density at radius 3 is 2.36 bits per heavy atom.